The summed E-state index contributed by atoms with van der Waals surface area (Å²) < 4.78 is 20.3. The van der Waals surface area contributed by atoms with Crippen LogP contribution >= 0.6 is 0 Å². The molecule has 0 amide bonds. The van der Waals surface area contributed by atoms with Crippen molar-refractivity contribution < 1.29 is 33.3 Å². The Morgan fingerprint density at radius 2 is 1.65 bits per heavy atom. The van der Waals surface area contributed by atoms with E-state index in [9.17, 15) is 14.4 Å². The van der Waals surface area contributed by atoms with E-state index in [0.29, 0.717) is 11.1 Å². The van der Waals surface area contributed by atoms with Gasteiger partial charge in [0.25, 0.3) is 0 Å². The smallest absolute Gasteiger partial charge is 0.372 e. The van der Waals surface area contributed by atoms with Gasteiger partial charge in [-0.15, -0.1) is 0 Å². The molecule has 0 radical (unpaired) electrons. The molecule has 0 aromatic heterocycles. The van der Waals surface area contributed by atoms with Gasteiger partial charge in [-0.3, -0.25) is 0 Å². The first kappa shape index (κ1) is 19.2. The quantitative estimate of drug-likeness (QED) is 0.332. The molecule has 26 heavy (non-hydrogen) atoms. The van der Waals surface area contributed by atoms with Crippen LogP contribution in [0.2, 0.25) is 0 Å². The van der Waals surface area contributed by atoms with Gasteiger partial charge in [-0.1, -0.05) is 24.3 Å². The molecule has 1 aromatic carbocycles. The molecule has 0 saturated carbocycles. The van der Waals surface area contributed by atoms with Gasteiger partial charge in [0.1, 0.15) is 12.2 Å². The minimum atomic E-state index is -0.770. The first-order chi connectivity index (χ1) is 12.5. The molecule has 7 nitrogen and oxygen atoms in total. The number of hydrogen-bond acceptors (Lipinski definition) is 7. The van der Waals surface area contributed by atoms with Crippen LogP contribution < -0.4 is 0 Å². The van der Waals surface area contributed by atoms with Crippen molar-refractivity contribution in [2.75, 3.05) is 14.2 Å². The van der Waals surface area contributed by atoms with Gasteiger partial charge in [-0.2, -0.15) is 0 Å². The molecule has 0 spiro atoms. The van der Waals surface area contributed by atoms with E-state index in [4.69, 9.17) is 14.2 Å². The lowest BCUT2D eigenvalue weighted by Gasteiger charge is -2.30. The predicted octanol–water partition coefficient (Wildman–Crippen LogP) is 2.18. The molecule has 0 aliphatic heterocycles. The van der Waals surface area contributed by atoms with E-state index in [0.717, 1.165) is 0 Å². The van der Waals surface area contributed by atoms with Crippen molar-refractivity contribution in [1.29, 1.82) is 0 Å². The normalized spacial score (nSPS) is 18.9. The van der Waals surface area contributed by atoms with Crippen molar-refractivity contribution in [3.8, 4) is 0 Å². The fourth-order valence-electron chi connectivity index (χ4n) is 2.51. The Balaban J connectivity index is 2.16. The van der Waals surface area contributed by atoms with Crippen molar-refractivity contribution in [2.45, 2.75) is 25.0 Å². The topological polar surface area (TPSA) is 88.1 Å². The minimum Gasteiger partial charge on any atom is -0.479 e. The van der Waals surface area contributed by atoms with Crippen molar-refractivity contribution in [3.63, 3.8) is 0 Å². The molecule has 7 heteroatoms. The average Bonchev–Trinajstić information content (AvgIpc) is 2.68. The van der Waals surface area contributed by atoms with Gasteiger partial charge in [0, 0.05) is 18.4 Å². The molecule has 1 aromatic rings. The molecule has 2 atom stereocenters. The van der Waals surface area contributed by atoms with E-state index in [1.54, 1.807) is 36.4 Å². The predicted molar refractivity (Wildman–Crippen MR) is 91.0 cm³/mol. The lowest BCUT2D eigenvalue weighted by atomic mass is 9.94. The molecule has 138 valence electrons. The van der Waals surface area contributed by atoms with Gasteiger partial charge >= 0.3 is 17.9 Å². The van der Waals surface area contributed by atoms with Crippen LogP contribution in [0, 0.1) is 0 Å². The summed E-state index contributed by atoms with van der Waals surface area (Å²) in [6.07, 6.45) is 0.512. The summed E-state index contributed by atoms with van der Waals surface area (Å²) in [5.41, 5.74) is 0.767. The van der Waals surface area contributed by atoms with Crippen LogP contribution in [-0.4, -0.2) is 44.3 Å². The van der Waals surface area contributed by atoms with Crippen molar-refractivity contribution in [2.24, 2.45) is 0 Å². The van der Waals surface area contributed by atoms with Crippen LogP contribution in [0.1, 0.15) is 23.2 Å². The molecule has 0 unspecified atom stereocenters. The van der Waals surface area contributed by atoms with Crippen molar-refractivity contribution >= 4 is 17.9 Å². The Hall–Kier alpha value is -3.09. The van der Waals surface area contributed by atoms with Crippen LogP contribution in [-0.2, 0) is 28.5 Å². The Morgan fingerprint density at radius 1 is 0.962 bits per heavy atom. The van der Waals surface area contributed by atoms with E-state index in [1.165, 1.54) is 14.2 Å². The molecule has 0 bridgehead atoms. The summed E-state index contributed by atoms with van der Waals surface area (Å²) in [6.45, 7) is 3.51. The number of esters is 3. The summed E-state index contributed by atoms with van der Waals surface area (Å²) in [5, 5.41) is 0. The summed E-state index contributed by atoms with van der Waals surface area (Å²) >= 11 is 0. The highest BCUT2D eigenvalue weighted by Crippen LogP contribution is 2.27. The third-order valence-corrected chi connectivity index (χ3v) is 3.85. The molecule has 0 saturated heterocycles. The summed E-state index contributed by atoms with van der Waals surface area (Å²) in [4.78, 5) is 35.6. The fraction of sp³-hybridized carbons (Fsp3) is 0.316. The van der Waals surface area contributed by atoms with Gasteiger partial charge in [-0.25, -0.2) is 14.4 Å². The van der Waals surface area contributed by atoms with E-state index in [2.05, 4.69) is 11.3 Å². The van der Waals surface area contributed by atoms with Crippen LogP contribution in [0.15, 0.2) is 54.3 Å². The molecule has 1 aliphatic carbocycles. The second kappa shape index (κ2) is 8.84. The van der Waals surface area contributed by atoms with E-state index in [1.807, 2.05) is 0 Å². The molecule has 0 heterocycles. The molecular formula is C19H20O7. The molecule has 1 aliphatic rings. The number of rotatable bonds is 6. The SMILES string of the molecule is C=C(O[C@@H]1CC(C(=O)OC)=CC[C@H]1OC(=O)c1ccccc1)C(=O)OC. The van der Waals surface area contributed by atoms with Crippen molar-refractivity contribution in [1.82, 2.24) is 0 Å². The molecule has 0 N–H and O–H groups in total. The summed E-state index contributed by atoms with van der Waals surface area (Å²) in [5.74, 6) is -2.01. The average molecular weight is 360 g/mol. The standard InChI is InChI=1S/C19H20O7/c1-12(17(20)23-2)25-16-11-14(18(21)24-3)9-10-15(16)26-19(22)13-7-5-4-6-8-13/h4-9,15-16H,1,10-11H2,2-3H3/t15-,16-/m1/s1. The van der Waals surface area contributed by atoms with Crippen LogP contribution in [0.3, 0.4) is 0 Å². The Bertz CT molecular complexity index is 721. The van der Waals surface area contributed by atoms with Gasteiger partial charge in [0.15, 0.2) is 5.76 Å². The molecule has 2 rings (SSSR count). The lowest BCUT2D eigenvalue weighted by Crippen LogP contribution is -2.37. The highest BCUT2D eigenvalue weighted by atomic mass is 16.6. The Morgan fingerprint density at radius 3 is 2.27 bits per heavy atom. The number of hydrogen-bond donors (Lipinski definition) is 0. The maximum absolute atomic E-state index is 12.3. The van der Waals surface area contributed by atoms with Crippen molar-refractivity contribution in [3.05, 3.63) is 59.9 Å². The van der Waals surface area contributed by atoms with Gasteiger partial charge < -0.3 is 18.9 Å². The van der Waals surface area contributed by atoms with E-state index >= 15 is 0 Å². The summed E-state index contributed by atoms with van der Waals surface area (Å²) in [6, 6.07) is 8.49. The Labute approximate surface area is 151 Å². The zero-order chi connectivity index (χ0) is 19.1. The van der Waals surface area contributed by atoms with Crippen LogP contribution in [0.25, 0.3) is 0 Å². The number of carbonyl (C=O) groups is 3. The molecule has 0 fully saturated rings. The second-order valence-electron chi connectivity index (χ2n) is 5.54. The maximum atomic E-state index is 12.3. The zero-order valence-electron chi connectivity index (χ0n) is 14.6. The van der Waals surface area contributed by atoms with E-state index < -0.39 is 30.1 Å². The third-order valence-electron chi connectivity index (χ3n) is 3.85. The number of methoxy groups -OCH3 is 2. The largest absolute Gasteiger partial charge is 0.479 e. The molecular weight excluding hydrogens is 340 g/mol. The minimum absolute atomic E-state index is 0.107. The number of carbonyl (C=O) groups excluding carboxylic acids is 3. The highest BCUT2D eigenvalue weighted by molar-refractivity contribution is 5.90. The highest BCUT2D eigenvalue weighted by Gasteiger charge is 2.34. The fourth-order valence-corrected chi connectivity index (χ4v) is 2.51. The summed E-state index contributed by atoms with van der Waals surface area (Å²) in [7, 11) is 2.47. The van der Waals surface area contributed by atoms with Crippen LogP contribution in [0.5, 0.6) is 0 Å². The first-order valence-corrected chi connectivity index (χ1v) is 7.93. The van der Waals surface area contributed by atoms with Gasteiger partial charge in [0.05, 0.1) is 19.8 Å². The first-order valence-electron chi connectivity index (χ1n) is 7.93. The van der Waals surface area contributed by atoms with E-state index in [-0.39, 0.29) is 18.6 Å². The van der Waals surface area contributed by atoms with Gasteiger partial charge in [-0.05, 0) is 18.7 Å². The monoisotopic (exact) mass is 360 g/mol. The zero-order valence-corrected chi connectivity index (χ0v) is 14.6. The number of ether oxygens (including phenoxy) is 4. The maximum Gasteiger partial charge on any atom is 0.372 e. The van der Waals surface area contributed by atoms with Crippen LogP contribution in [0.4, 0.5) is 0 Å². The van der Waals surface area contributed by atoms with Gasteiger partial charge in [0.2, 0.25) is 0 Å². The third kappa shape index (κ3) is 4.72. The second-order valence-corrected chi connectivity index (χ2v) is 5.54. The lowest BCUT2D eigenvalue weighted by molar-refractivity contribution is -0.142. The number of benzene rings is 1. The Kier molecular flexibility index (Phi) is 6.54.